The number of nitrogens with zero attached hydrogens (tertiary/aromatic N) is 4. The molecule has 0 saturated carbocycles. The molecule has 6 nitrogen and oxygen atoms in total. The molecule has 0 N–H and O–H groups in total. The summed E-state index contributed by atoms with van der Waals surface area (Å²) in [5.74, 6) is -0.183. The molecule has 0 unspecified atom stereocenters. The molecule has 0 radical (unpaired) electrons. The summed E-state index contributed by atoms with van der Waals surface area (Å²) < 4.78 is 5.43. The van der Waals surface area contributed by atoms with Crippen LogP contribution in [-0.2, 0) is 6.54 Å². The summed E-state index contributed by atoms with van der Waals surface area (Å²) in [6.45, 7) is 0.323. The number of fused-ring (bicyclic) bond motifs is 2. The first-order valence-corrected chi connectivity index (χ1v) is 9.66. The van der Waals surface area contributed by atoms with Crippen molar-refractivity contribution in [3.63, 3.8) is 0 Å². The fraction of sp³-hybridized carbons (Fsp3) is 0.0435. The Balaban J connectivity index is 1.61. The molecule has 7 heteroatoms. The van der Waals surface area contributed by atoms with Crippen LogP contribution in [0.1, 0.15) is 15.9 Å². The first-order chi connectivity index (χ1) is 14.7. The number of hydrogen-bond donors (Lipinski definition) is 0. The van der Waals surface area contributed by atoms with Gasteiger partial charge in [-0.15, -0.1) is 0 Å². The highest BCUT2D eigenvalue weighted by atomic mass is 35.5. The Hall–Kier alpha value is -3.77. The Kier molecular flexibility index (Phi) is 4.61. The highest BCUT2D eigenvalue weighted by molar-refractivity contribution is 6.29. The Labute approximate surface area is 176 Å². The van der Waals surface area contributed by atoms with Crippen molar-refractivity contribution in [2.24, 2.45) is 0 Å². The van der Waals surface area contributed by atoms with Gasteiger partial charge in [0.05, 0.1) is 23.3 Å². The lowest BCUT2D eigenvalue weighted by Gasteiger charge is -2.23. The molecule has 5 aromatic rings. The highest BCUT2D eigenvalue weighted by Crippen LogP contribution is 2.29. The van der Waals surface area contributed by atoms with E-state index in [1.165, 1.54) is 6.39 Å². The molecular weight excluding hydrogens is 400 g/mol. The second-order valence-electron chi connectivity index (χ2n) is 6.77. The van der Waals surface area contributed by atoms with Gasteiger partial charge in [0.15, 0.2) is 12.0 Å². The summed E-state index contributed by atoms with van der Waals surface area (Å²) in [6, 6.07) is 18.6. The Morgan fingerprint density at radius 3 is 2.83 bits per heavy atom. The molecule has 3 aromatic heterocycles. The minimum absolute atomic E-state index is 0.183. The third-order valence-corrected chi connectivity index (χ3v) is 5.06. The van der Waals surface area contributed by atoms with Crippen molar-refractivity contribution < 1.29 is 9.21 Å². The van der Waals surface area contributed by atoms with Crippen LogP contribution in [0.3, 0.4) is 0 Å². The van der Waals surface area contributed by atoms with Gasteiger partial charge in [0.25, 0.3) is 5.91 Å². The van der Waals surface area contributed by atoms with Gasteiger partial charge in [-0.3, -0.25) is 9.78 Å². The fourth-order valence-electron chi connectivity index (χ4n) is 3.42. The lowest BCUT2D eigenvalue weighted by atomic mass is 10.1. The molecular formula is C23H15ClN4O2. The Morgan fingerprint density at radius 2 is 1.97 bits per heavy atom. The number of amides is 1. The first kappa shape index (κ1) is 18.3. The Bertz CT molecular complexity index is 1370. The number of benzene rings is 2. The van der Waals surface area contributed by atoms with E-state index in [1.807, 2.05) is 42.5 Å². The number of aromatic nitrogens is 3. The molecule has 0 spiro atoms. The van der Waals surface area contributed by atoms with E-state index >= 15 is 0 Å². The molecule has 0 atom stereocenters. The molecule has 1 amide bonds. The number of oxazole rings is 1. The number of pyridine rings is 2. The predicted molar refractivity (Wildman–Crippen MR) is 116 cm³/mol. The van der Waals surface area contributed by atoms with Crippen molar-refractivity contribution in [3.05, 3.63) is 95.7 Å². The second kappa shape index (κ2) is 7.57. The quantitative estimate of drug-likeness (QED) is 0.374. The monoisotopic (exact) mass is 414 g/mol. The maximum atomic E-state index is 13.4. The van der Waals surface area contributed by atoms with E-state index < -0.39 is 0 Å². The lowest BCUT2D eigenvalue weighted by Crippen LogP contribution is -2.30. The maximum Gasteiger partial charge on any atom is 0.260 e. The molecule has 0 saturated heterocycles. The molecule has 146 valence electrons. The number of carbonyl (C=O) groups excluding carboxylic acids is 1. The smallest absolute Gasteiger partial charge is 0.260 e. The van der Waals surface area contributed by atoms with E-state index in [2.05, 4.69) is 15.0 Å². The van der Waals surface area contributed by atoms with Crippen LogP contribution in [0.25, 0.3) is 22.0 Å². The summed E-state index contributed by atoms with van der Waals surface area (Å²) in [4.78, 5) is 27.9. The van der Waals surface area contributed by atoms with Crippen LogP contribution in [0.4, 0.5) is 5.69 Å². The van der Waals surface area contributed by atoms with Crippen molar-refractivity contribution >= 4 is 45.2 Å². The zero-order valence-corrected chi connectivity index (χ0v) is 16.5. The summed E-state index contributed by atoms with van der Waals surface area (Å²) >= 11 is 6.05. The van der Waals surface area contributed by atoms with Gasteiger partial charge < -0.3 is 9.32 Å². The van der Waals surface area contributed by atoms with Gasteiger partial charge in [0.2, 0.25) is 0 Å². The molecule has 0 fully saturated rings. The maximum absolute atomic E-state index is 13.4. The van der Waals surface area contributed by atoms with Gasteiger partial charge >= 0.3 is 0 Å². The van der Waals surface area contributed by atoms with Crippen LogP contribution < -0.4 is 4.90 Å². The van der Waals surface area contributed by atoms with Gasteiger partial charge in [-0.1, -0.05) is 29.8 Å². The number of anilines is 1. The third-order valence-electron chi connectivity index (χ3n) is 4.85. The van der Waals surface area contributed by atoms with Crippen molar-refractivity contribution in [1.29, 1.82) is 0 Å². The van der Waals surface area contributed by atoms with Crippen molar-refractivity contribution in [2.75, 3.05) is 4.90 Å². The molecule has 0 aliphatic rings. The van der Waals surface area contributed by atoms with E-state index in [-0.39, 0.29) is 5.91 Å². The SMILES string of the molecule is O=C(c1cccnc1)N(Cc1ccc2ccc(Cl)nc2c1)c1cccc2ocnc12. The van der Waals surface area contributed by atoms with Crippen LogP contribution in [0.5, 0.6) is 0 Å². The number of rotatable bonds is 4. The fourth-order valence-corrected chi connectivity index (χ4v) is 3.57. The summed E-state index contributed by atoms with van der Waals surface area (Å²) in [6.07, 6.45) is 4.57. The zero-order valence-electron chi connectivity index (χ0n) is 15.7. The molecule has 2 aromatic carbocycles. The van der Waals surface area contributed by atoms with Crippen LogP contribution in [0.15, 0.2) is 83.9 Å². The second-order valence-corrected chi connectivity index (χ2v) is 7.16. The molecule has 0 bridgehead atoms. The third kappa shape index (κ3) is 3.38. The topological polar surface area (TPSA) is 72.1 Å². The van der Waals surface area contributed by atoms with Gasteiger partial charge in [-0.2, -0.15) is 0 Å². The zero-order chi connectivity index (χ0) is 20.5. The molecule has 30 heavy (non-hydrogen) atoms. The number of hydrogen-bond acceptors (Lipinski definition) is 5. The van der Waals surface area contributed by atoms with Crippen LogP contribution in [0, 0.1) is 0 Å². The number of halogens is 1. The predicted octanol–water partition coefficient (Wildman–Crippen LogP) is 5.27. The lowest BCUT2D eigenvalue weighted by molar-refractivity contribution is 0.0985. The van der Waals surface area contributed by atoms with Crippen molar-refractivity contribution in [3.8, 4) is 0 Å². The van der Waals surface area contributed by atoms with E-state index in [1.54, 1.807) is 35.5 Å². The van der Waals surface area contributed by atoms with E-state index in [9.17, 15) is 4.79 Å². The first-order valence-electron chi connectivity index (χ1n) is 9.28. The van der Waals surface area contributed by atoms with Gasteiger partial charge in [-0.25, -0.2) is 9.97 Å². The Morgan fingerprint density at radius 1 is 1.07 bits per heavy atom. The number of carbonyl (C=O) groups is 1. The van der Waals surface area contributed by atoms with Gasteiger partial charge in [0, 0.05) is 17.8 Å². The summed E-state index contributed by atoms with van der Waals surface area (Å²) in [7, 11) is 0. The average molecular weight is 415 g/mol. The van der Waals surface area contributed by atoms with E-state index in [0.717, 1.165) is 16.5 Å². The average Bonchev–Trinajstić information content (AvgIpc) is 3.26. The summed E-state index contributed by atoms with van der Waals surface area (Å²) in [5, 5.41) is 1.40. The van der Waals surface area contributed by atoms with Crippen LogP contribution in [0.2, 0.25) is 5.15 Å². The molecule has 3 heterocycles. The summed E-state index contributed by atoms with van der Waals surface area (Å²) in [5.41, 5.74) is 4.07. The highest BCUT2D eigenvalue weighted by Gasteiger charge is 2.22. The van der Waals surface area contributed by atoms with Gasteiger partial charge in [-0.05, 0) is 48.0 Å². The van der Waals surface area contributed by atoms with Crippen molar-refractivity contribution in [1.82, 2.24) is 15.0 Å². The normalized spacial score (nSPS) is 11.1. The minimum atomic E-state index is -0.183. The standard InChI is InChI=1S/C23H15ClN4O2/c24-21-9-8-16-7-6-15(11-18(16)27-21)13-28(23(29)17-3-2-10-25-12-17)19-4-1-5-20-22(19)26-14-30-20/h1-12,14H,13H2. The van der Waals surface area contributed by atoms with E-state index in [0.29, 0.717) is 34.0 Å². The van der Waals surface area contributed by atoms with Gasteiger partial charge in [0.1, 0.15) is 10.7 Å². The van der Waals surface area contributed by atoms with Crippen molar-refractivity contribution in [2.45, 2.75) is 6.54 Å². The van der Waals surface area contributed by atoms with E-state index in [4.69, 9.17) is 16.0 Å². The van der Waals surface area contributed by atoms with Crippen LogP contribution >= 0.6 is 11.6 Å². The molecule has 0 aliphatic carbocycles. The molecule has 0 aliphatic heterocycles. The largest absolute Gasteiger partial charge is 0.443 e. The number of para-hydroxylation sites is 1. The molecule has 5 rings (SSSR count). The van der Waals surface area contributed by atoms with Crippen LogP contribution in [-0.4, -0.2) is 20.9 Å². The minimum Gasteiger partial charge on any atom is -0.443 e.